The Kier molecular flexibility index (Phi) is 3.29. The van der Waals surface area contributed by atoms with Gasteiger partial charge in [0.1, 0.15) is 6.04 Å². The van der Waals surface area contributed by atoms with Crippen molar-refractivity contribution in [1.82, 2.24) is 0 Å². The maximum absolute atomic E-state index is 12.3. The molecule has 1 heterocycles. The van der Waals surface area contributed by atoms with Crippen molar-refractivity contribution in [2.75, 3.05) is 16.4 Å². The number of nitrogens with two attached hydrogens (primary N) is 1. The van der Waals surface area contributed by atoms with Crippen molar-refractivity contribution in [3.63, 3.8) is 0 Å². The summed E-state index contributed by atoms with van der Waals surface area (Å²) in [7, 11) is 0. The van der Waals surface area contributed by atoms with Crippen molar-refractivity contribution in [2.45, 2.75) is 18.9 Å². The molecule has 0 bridgehead atoms. The number of anilines is 3. The Bertz CT molecular complexity index is 639. The molecule has 0 saturated heterocycles. The quantitative estimate of drug-likeness (QED) is 0.733. The lowest BCUT2D eigenvalue weighted by Crippen LogP contribution is -2.37. The lowest BCUT2D eigenvalue weighted by atomic mass is 9.97. The van der Waals surface area contributed by atoms with Gasteiger partial charge in [0.25, 0.3) is 0 Å². The van der Waals surface area contributed by atoms with Gasteiger partial charge in [-0.1, -0.05) is 30.3 Å². The summed E-state index contributed by atoms with van der Waals surface area (Å²) in [5, 5.41) is 6.17. The Morgan fingerprint density at radius 2 is 1.90 bits per heavy atom. The van der Waals surface area contributed by atoms with Gasteiger partial charge < -0.3 is 16.4 Å². The summed E-state index contributed by atoms with van der Waals surface area (Å²) in [6, 6.07) is 15.2. The van der Waals surface area contributed by atoms with Gasteiger partial charge in [0.2, 0.25) is 5.91 Å². The molecule has 1 aliphatic rings. The molecule has 0 fully saturated rings. The average molecular weight is 267 g/mol. The molecular weight excluding hydrogens is 250 g/mol. The summed E-state index contributed by atoms with van der Waals surface area (Å²) in [6.07, 6.45) is 1.70. The second kappa shape index (κ2) is 5.25. The van der Waals surface area contributed by atoms with Crippen molar-refractivity contribution in [1.29, 1.82) is 0 Å². The molecule has 1 aliphatic heterocycles. The second-order valence-corrected chi connectivity index (χ2v) is 4.97. The fraction of sp³-hybridized carbons (Fsp3) is 0.188. The van der Waals surface area contributed by atoms with Crippen LogP contribution >= 0.6 is 0 Å². The maximum Gasteiger partial charge on any atom is 0.246 e. The van der Waals surface area contributed by atoms with Crippen LogP contribution in [0.1, 0.15) is 12.0 Å². The van der Waals surface area contributed by atoms with Gasteiger partial charge in [0, 0.05) is 5.69 Å². The van der Waals surface area contributed by atoms with Crippen molar-refractivity contribution in [3.05, 3.63) is 54.1 Å². The first kappa shape index (κ1) is 12.5. The third kappa shape index (κ3) is 2.45. The summed E-state index contributed by atoms with van der Waals surface area (Å²) in [4.78, 5) is 12.3. The van der Waals surface area contributed by atoms with E-state index in [0.29, 0.717) is 11.4 Å². The molecule has 1 amide bonds. The molecule has 4 heteroatoms. The standard InChI is InChI=1S/C16H17N3O/c17-12-6-2-4-8-14(12)19-16(20)15-10-9-11-5-1-3-7-13(11)18-15/h1-8,15,18H,9-10,17H2,(H,19,20)/t15-/m0/s1. The molecule has 3 rings (SSSR count). The van der Waals surface area contributed by atoms with Gasteiger partial charge >= 0.3 is 0 Å². The summed E-state index contributed by atoms with van der Waals surface area (Å²) in [5.41, 5.74) is 9.39. The highest BCUT2D eigenvalue weighted by Gasteiger charge is 2.23. The van der Waals surface area contributed by atoms with E-state index < -0.39 is 0 Å². The highest BCUT2D eigenvalue weighted by molar-refractivity contribution is 5.99. The van der Waals surface area contributed by atoms with Gasteiger partial charge in [-0.25, -0.2) is 0 Å². The summed E-state index contributed by atoms with van der Waals surface area (Å²) in [5.74, 6) is -0.0441. The minimum atomic E-state index is -0.218. The lowest BCUT2D eigenvalue weighted by molar-refractivity contribution is -0.117. The van der Waals surface area contributed by atoms with Crippen LogP contribution < -0.4 is 16.4 Å². The molecule has 0 unspecified atom stereocenters. The van der Waals surface area contributed by atoms with E-state index in [0.717, 1.165) is 18.5 Å². The molecule has 20 heavy (non-hydrogen) atoms. The van der Waals surface area contributed by atoms with Crippen LogP contribution in [0.4, 0.5) is 17.1 Å². The van der Waals surface area contributed by atoms with Crippen molar-refractivity contribution < 1.29 is 4.79 Å². The van der Waals surface area contributed by atoms with E-state index in [2.05, 4.69) is 16.7 Å². The number of fused-ring (bicyclic) bond motifs is 1. The van der Waals surface area contributed by atoms with E-state index in [4.69, 9.17) is 5.73 Å². The number of rotatable bonds is 2. The zero-order chi connectivity index (χ0) is 13.9. The predicted octanol–water partition coefficient (Wildman–Crippen LogP) is 2.63. The number of amides is 1. The fourth-order valence-electron chi connectivity index (χ4n) is 2.47. The van der Waals surface area contributed by atoms with Gasteiger partial charge in [-0.05, 0) is 36.6 Å². The van der Waals surface area contributed by atoms with Crippen molar-refractivity contribution >= 4 is 23.0 Å². The number of nitrogens with one attached hydrogen (secondary N) is 2. The van der Waals surface area contributed by atoms with Crippen LogP contribution in [-0.2, 0) is 11.2 Å². The largest absolute Gasteiger partial charge is 0.397 e. The molecular formula is C16H17N3O. The van der Waals surface area contributed by atoms with Gasteiger partial charge in [-0.2, -0.15) is 0 Å². The molecule has 0 saturated carbocycles. The number of carbonyl (C=O) groups excluding carboxylic acids is 1. The highest BCUT2D eigenvalue weighted by atomic mass is 16.2. The first-order valence-corrected chi connectivity index (χ1v) is 6.74. The monoisotopic (exact) mass is 267 g/mol. The number of para-hydroxylation sites is 3. The average Bonchev–Trinajstić information content (AvgIpc) is 2.49. The van der Waals surface area contributed by atoms with Gasteiger partial charge in [-0.15, -0.1) is 0 Å². The van der Waals surface area contributed by atoms with E-state index in [1.807, 2.05) is 36.4 Å². The number of hydrogen-bond acceptors (Lipinski definition) is 3. The zero-order valence-electron chi connectivity index (χ0n) is 11.1. The number of aryl methyl sites for hydroxylation is 1. The molecule has 0 radical (unpaired) electrons. The highest BCUT2D eigenvalue weighted by Crippen LogP contribution is 2.25. The lowest BCUT2D eigenvalue weighted by Gasteiger charge is -2.26. The molecule has 0 aliphatic carbocycles. The summed E-state index contributed by atoms with van der Waals surface area (Å²) in [6.45, 7) is 0. The summed E-state index contributed by atoms with van der Waals surface area (Å²) >= 11 is 0. The van der Waals surface area contributed by atoms with Crippen molar-refractivity contribution in [2.24, 2.45) is 0 Å². The summed E-state index contributed by atoms with van der Waals surface area (Å²) < 4.78 is 0. The molecule has 0 aromatic heterocycles. The van der Waals surface area contributed by atoms with Crippen LogP contribution in [0.25, 0.3) is 0 Å². The predicted molar refractivity (Wildman–Crippen MR) is 81.7 cm³/mol. The number of hydrogen-bond donors (Lipinski definition) is 3. The van der Waals surface area contributed by atoms with E-state index in [1.165, 1.54) is 5.56 Å². The van der Waals surface area contributed by atoms with Crippen LogP contribution in [0.3, 0.4) is 0 Å². The maximum atomic E-state index is 12.3. The smallest absolute Gasteiger partial charge is 0.246 e. The topological polar surface area (TPSA) is 67.1 Å². The normalized spacial score (nSPS) is 16.9. The zero-order valence-corrected chi connectivity index (χ0v) is 11.1. The number of carbonyl (C=O) groups is 1. The van der Waals surface area contributed by atoms with Crippen molar-refractivity contribution in [3.8, 4) is 0 Å². The van der Waals surface area contributed by atoms with E-state index in [9.17, 15) is 4.79 Å². The molecule has 1 atom stereocenters. The first-order valence-electron chi connectivity index (χ1n) is 6.74. The molecule has 102 valence electrons. The van der Waals surface area contributed by atoms with Crippen LogP contribution in [0, 0.1) is 0 Å². The van der Waals surface area contributed by atoms with E-state index in [-0.39, 0.29) is 11.9 Å². The van der Waals surface area contributed by atoms with Crippen LogP contribution in [0.15, 0.2) is 48.5 Å². The van der Waals surface area contributed by atoms with Gasteiger partial charge in [0.15, 0.2) is 0 Å². The Hall–Kier alpha value is -2.49. The van der Waals surface area contributed by atoms with Crippen LogP contribution in [0.2, 0.25) is 0 Å². The van der Waals surface area contributed by atoms with E-state index >= 15 is 0 Å². The second-order valence-electron chi connectivity index (χ2n) is 4.97. The third-order valence-corrected chi connectivity index (χ3v) is 3.58. The molecule has 2 aromatic carbocycles. The van der Waals surface area contributed by atoms with Gasteiger partial charge in [0.05, 0.1) is 11.4 Å². The number of nitrogen functional groups attached to an aromatic ring is 1. The number of benzene rings is 2. The molecule has 0 spiro atoms. The van der Waals surface area contributed by atoms with Gasteiger partial charge in [-0.3, -0.25) is 4.79 Å². The SMILES string of the molecule is Nc1ccccc1NC(=O)[C@@H]1CCc2ccccc2N1. The minimum absolute atomic E-state index is 0.0441. The van der Waals surface area contributed by atoms with Crippen LogP contribution in [-0.4, -0.2) is 11.9 Å². The minimum Gasteiger partial charge on any atom is -0.397 e. The Labute approximate surface area is 118 Å². The Balaban J connectivity index is 1.72. The first-order chi connectivity index (χ1) is 9.74. The Morgan fingerprint density at radius 3 is 2.75 bits per heavy atom. The molecule has 4 N–H and O–H groups in total. The van der Waals surface area contributed by atoms with E-state index in [1.54, 1.807) is 6.07 Å². The third-order valence-electron chi connectivity index (χ3n) is 3.58. The molecule has 4 nitrogen and oxygen atoms in total. The Morgan fingerprint density at radius 1 is 1.15 bits per heavy atom. The molecule has 2 aromatic rings. The fourth-order valence-corrected chi connectivity index (χ4v) is 2.47. The van der Waals surface area contributed by atoms with Crippen LogP contribution in [0.5, 0.6) is 0 Å².